The molecular weight excluding hydrogens is 721 g/mol. The van der Waals surface area contributed by atoms with Crippen molar-refractivity contribution in [3.05, 3.63) is 200 Å². The average molecular weight is 757 g/mol. The number of para-hydroxylation sites is 3. The molecule has 0 N–H and O–H groups in total. The number of aromatic nitrogens is 5. The van der Waals surface area contributed by atoms with Gasteiger partial charge in [0.25, 0.3) is 0 Å². The highest BCUT2D eigenvalue weighted by atomic mass is 15.1. The Morgan fingerprint density at radius 2 is 0.881 bits per heavy atom. The zero-order valence-corrected chi connectivity index (χ0v) is 32.2. The average Bonchev–Trinajstić information content (AvgIpc) is 3.72. The van der Waals surface area contributed by atoms with Gasteiger partial charge in [-0.05, 0) is 58.5 Å². The van der Waals surface area contributed by atoms with Crippen LogP contribution in [0.5, 0.6) is 0 Å². The summed E-state index contributed by atoms with van der Waals surface area (Å²) in [6, 6.07) is 69.8. The van der Waals surface area contributed by atoms with Crippen molar-refractivity contribution in [3.63, 3.8) is 0 Å². The summed E-state index contributed by atoms with van der Waals surface area (Å²) in [5, 5.41) is 3.56. The van der Waals surface area contributed by atoms with Crippen molar-refractivity contribution in [2.75, 3.05) is 11.9 Å². The van der Waals surface area contributed by atoms with E-state index >= 15 is 0 Å². The summed E-state index contributed by atoms with van der Waals surface area (Å²) in [4.78, 5) is 22.0. The van der Waals surface area contributed by atoms with Crippen LogP contribution in [0.2, 0.25) is 0 Å². The molecule has 11 rings (SSSR count). The van der Waals surface area contributed by atoms with Gasteiger partial charge in [-0.2, -0.15) is 0 Å². The van der Waals surface area contributed by atoms with Crippen LogP contribution in [0.25, 0.3) is 94.8 Å². The Bertz CT molecular complexity index is 3260. The predicted octanol–water partition coefficient (Wildman–Crippen LogP) is 13.1. The van der Waals surface area contributed by atoms with E-state index in [1.807, 2.05) is 60.7 Å². The number of benzene rings is 8. The first kappa shape index (κ1) is 34.3. The Hall–Kier alpha value is -7.96. The summed E-state index contributed by atoms with van der Waals surface area (Å²) >= 11 is 0. The van der Waals surface area contributed by atoms with Gasteiger partial charge in [-0.1, -0.05) is 164 Å². The van der Waals surface area contributed by atoms with E-state index < -0.39 is 0 Å². The molecular formula is C53H36N6. The van der Waals surface area contributed by atoms with Gasteiger partial charge < -0.3 is 4.90 Å². The lowest BCUT2D eigenvalue weighted by Crippen LogP contribution is -2.10. The van der Waals surface area contributed by atoms with Crippen molar-refractivity contribution in [2.45, 2.75) is 0 Å². The van der Waals surface area contributed by atoms with Crippen molar-refractivity contribution in [2.24, 2.45) is 0 Å². The van der Waals surface area contributed by atoms with Crippen LogP contribution in [0.3, 0.4) is 0 Å². The number of hydrogen-bond acceptors (Lipinski definition) is 5. The van der Waals surface area contributed by atoms with Gasteiger partial charge in [0.15, 0.2) is 17.5 Å². The first-order valence-corrected chi connectivity index (χ1v) is 19.8. The van der Waals surface area contributed by atoms with E-state index in [4.69, 9.17) is 19.9 Å². The van der Waals surface area contributed by atoms with Crippen LogP contribution in [0.1, 0.15) is 0 Å². The SMILES string of the molecule is CN(c1ccc(-c2ccc(-c3nc(-c4ccccc4)nc(-c4ccccc4)n3)cc2)cc1)c1ccccc1-c1ccc2c3ccccc3c3nc4ccccc4n3c2c1. The molecule has 278 valence electrons. The summed E-state index contributed by atoms with van der Waals surface area (Å²) in [6.45, 7) is 0. The Labute approximate surface area is 341 Å². The maximum atomic E-state index is 5.10. The molecule has 6 heteroatoms. The van der Waals surface area contributed by atoms with Gasteiger partial charge in [0.05, 0.1) is 16.6 Å². The van der Waals surface area contributed by atoms with Crippen LogP contribution in [-0.2, 0) is 0 Å². The minimum Gasteiger partial charge on any atom is -0.344 e. The molecule has 0 saturated carbocycles. The first-order valence-electron chi connectivity index (χ1n) is 19.8. The number of rotatable bonds is 7. The molecule has 0 bridgehead atoms. The monoisotopic (exact) mass is 756 g/mol. The third kappa shape index (κ3) is 6.06. The molecule has 0 aliphatic heterocycles. The van der Waals surface area contributed by atoms with Crippen LogP contribution < -0.4 is 4.90 Å². The van der Waals surface area contributed by atoms with Gasteiger partial charge in [0, 0.05) is 51.4 Å². The summed E-state index contributed by atoms with van der Waals surface area (Å²) < 4.78 is 2.32. The largest absolute Gasteiger partial charge is 0.344 e. The molecule has 0 aliphatic rings. The van der Waals surface area contributed by atoms with Crippen molar-refractivity contribution < 1.29 is 0 Å². The smallest absolute Gasteiger partial charge is 0.164 e. The number of pyridine rings is 1. The predicted molar refractivity (Wildman–Crippen MR) is 243 cm³/mol. The fraction of sp³-hybridized carbons (Fsp3) is 0.0189. The number of anilines is 2. The third-order valence-corrected chi connectivity index (χ3v) is 11.3. The van der Waals surface area contributed by atoms with E-state index in [1.165, 1.54) is 10.8 Å². The highest BCUT2D eigenvalue weighted by Gasteiger charge is 2.17. The molecule has 0 saturated heterocycles. The Morgan fingerprint density at radius 1 is 0.373 bits per heavy atom. The fourth-order valence-electron chi connectivity index (χ4n) is 8.25. The molecule has 6 nitrogen and oxygen atoms in total. The second kappa shape index (κ2) is 14.2. The van der Waals surface area contributed by atoms with Crippen molar-refractivity contribution in [1.82, 2.24) is 24.3 Å². The highest BCUT2D eigenvalue weighted by Crippen LogP contribution is 2.39. The minimum absolute atomic E-state index is 0.641. The van der Waals surface area contributed by atoms with Crippen LogP contribution in [0.4, 0.5) is 11.4 Å². The maximum Gasteiger partial charge on any atom is 0.164 e. The topological polar surface area (TPSA) is 59.2 Å². The molecule has 8 aromatic carbocycles. The molecule has 11 aromatic rings. The van der Waals surface area contributed by atoms with Crippen LogP contribution in [0, 0.1) is 0 Å². The summed E-state index contributed by atoms with van der Waals surface area (Å²) in [6.07, 6.45) is 0. The molecule has 3 aromatic heterocycles. The molecule has 0 unspecified atom stereocenters. The minimum atomic E-state index is 0.641. The lowest BCUT2D eigenvalue weighted by Gasteiger charge is -2.23. The van der Waals surface area contributed by atoms with E-state index in [0.29, 0.717) is 17.5 Å². The normalized spacial score (nSPS) is 11.5. The number of nitrogens with zero attached hydrogens (tertiary/aromatic N) is 6. The molecule has 0 aliphatic carbocycles. The third-order valence-electron chi connectivity index (χ3n) is 11.3. The maximum absolute atomic E-state index is 5.10. The zero-order chi connectivity index (χ0) is 39.3. The standard InChI is InChI=1S/C53H36N6/c1-58(47-22-12-10-18-42(47)40-30-33-44-43-19-8-9-20-45(43)53-54-46-21-11-13-23-48(46)59(53)49(44)34-40)41-31-28-36(29-32-41)35-24-26-39(27-25-35)52-56-50(37-14-4-2-5-15-37)55-51(57-52)38-16-6-3-7-17-38/h2-34H,1H3. The van der Waals surface area contributed by atoms with E-state index in [2.05, 4.69) is 156 Å². The number of imidazole rings is 1. The van der Waals surface area contributed by atoms with Gasteiger partial charge in [-0.15, -0.1) is 0 Å². The van der Waals surface area contributed by atoms with Crippen LogP contribution in [-0.4, -0.2) is 31.4 Å². The molecule has 59 heavy (non-hydrogen) atoms. The van der Waals surface area contributed by atoms with Gasteiger partial charge in [0.1, 0.15) is 5.65 Å². The molecule has 0 amide bonds. The van der Waals surface area contributed by atoms with Gasteiger partial charge in [-0.25, -0.2) is 19.9 Å². The molecule has 3 heterocycles. The second-order valence-electron chi connectivity index (χ2n) is 14.8. The van der Waals surface area contributed by atoms with E-state index in [9.17, 15) is 0 Å². The van der Waals surface area contributed by atoms with Gasteiger partial charge in [0.2, 0.25) is 0 Å². The van der Waals surface area contributed by atoms with Gasteiger partial charge >= 0.3 is 0 Å². The molecule has 0 atom stereocenters. The van der Waals surface area contributed by atoms with Gasteiger partial charge in [-0.3, -0.25) is 4.40 Å². The fourth-order valence-corrected chi connectivity index (χ4v) is 8.25. The Kier molecular flexibility index (Phi) is 8.26. The van der Waals surface area contributed by atoms with Crippen molar-refractivity contribution in [1.29, 1.82) is 0 Å². The zero-order valence-electron chi connectivity index (χ0n) is 32.2. The highest BCUT2D eigenvalue weighted by molar-refractivity contribution is 6.14. The van der Waals surface area contributed by atoms with Crippen molar-refractivity contribution in [3.8, 4) is 56.4 Å². The van der Waals surface area contributed by atoms with E-state index in [-0.39, 0.29) is 0 Å². The lowest BCUT2D eigenvalue weighted by atomic mass is 9.98. The number of fused-ring (bicyclic) bond motifs is 8. The molecule has 0 spiro atoms. The van der Waals surface area contributed by atoms with Crippen LogP contribution in [0.15, 0.2) is 200 Å². The molecule has 0 fully saturated rings. The molecule has 0 radical (unpaired) electrons. The number of hydrogen-bond donors (Lipinski definition) is 0. The van der Waals surface area contributed by atoms with E-state index in [1.54, 1.807) is 0 Å². The Morgan fingerprint density at radius 3 is 1.56 bits per heavy atom. The first-order chi connectivity index (χ1) is 29.2. The lowest BCUT2D eigenvalue weighted by molar-refractivity contribution is 1.07. The van der Waals surface area contributed by atoms with E-state index in [0.717, 1.165) is 77.9 Å². The second-order valence-corrected chi connectivity index (χ2v) is 14.8. The quantitative estimate of drug-likeness (QED) is 0.152. The Balaban J connectivity index is 0.913. The summed E-state index contributed by atoms with van der Waals surface area (Å²) in [7, 11) is 2.14. The van der Waals surface area contributed by atoms with Crippen LogP contribution >= 0.6 is 0 Å². The van der Waals surface area contributed by atoms with Crippen molar-refractivity contribution >= 4 is 49.7 Å². The summed E-state index contributed by atoms with van der Waals surface area (Å²) in [5.74, 6) is 1.94. The summed E-state index contributed by atoms with van der Waals surface area (Å²) in [5.41, 5.74) is 13.8.